The van der Waals surface area contributed by atoms with Gasteiger partial charge in [-0.15, -0.1) is 0 Å². The largest absolute Gasteiger partial charge is 0.481 e. The molecule has 3 rings (SSSR count). The Labute approximate surface area is 138 Å². The van der Waals surface area contributed by atoms with E-state index in [0.29, 0.717) is 11.5 Å². The minimum Gasteiger partial charge on any atom is -0.481 e. The number of furan rings is 1. The quantitative estimate of drug-likeness (QED) is 0.756. The van der Waals surface area contributed by atoms with Crippen molar-refractivity contribution < 1.29 is 18.3 Å². The Morgan fingerprint density at radius 2 is 2.04 bits per heavy atom. The summed E-state index contributed by atoms with van der Waals surface area (Å²) in [6.45, 7) is 0.000614. The van der Waals surface area contributed by atoms with Crippen molar-refractivity contribution in [3.8, 4) is 17.2 Å². The summed E-state index contributed by atoms with van der Waals surface area (Å²) in [7, 11) is 0. The van der Waals surface area contributed by atoms with E-state index in [4.69, 9.17) is 9.15 Å². The summed E-state index contributed by atoms with van der Waals surface area (Å²) in [6.07, 6.45) is 3.22. The zero-order valence-electron chi connectivity index (χ0n) is 12.7. The lowest BCUT2D eigenvalue weighted by molar-refractivity contribution is -0.123. The van der Waals surface area contributed by atoms with E-state index in [0.717, 1.165) is 5.56 Å². The van der Waals surface area contributed by atoms with E-state index < -0.39 is 5.82 Å². The number of ether oxygens (including phenoxy) is 1. The fourth-order valence-electron chi connectivity index (χ4n) is 2.17. The van der Waals surface area contributed by atoms with Crippen LogP contribution in [0.1, 0.15) is 5.56 Å². The summed E-state index contributed by atoms with van der Waals surface area (Å²) < 4.78 is 23.9. The summed E-state index contributed by atoms with van der Waals surface area (Å²) in [4.78, 5) is 16.2. The molecule has 1 amide bonds. The Morgan fingerprint density at radius 3 is 2.83 bits per heavy atom. The van der Waals surface area contributed by atoms with Gasteiger partial charge in [-0.25, -0.2) is 4.39 Å². The molecule has 2 aromatic heterocycles. The number of carbonyl (C=O) groups excluding carboxylic acids is 1. The predicted octanol–water partition coefficient (Wildman–Crippen LogP) is 3.18. The Hall–Kier alpha value is -3.15. The van der Waals surface area contributed by atoms with Crippen LogP contribution < -0.4 is 10.1 Å². The Bertz CT molecular complexity index is 819. The van der Waals surface area contributed by atoms with Crippen molar-refractivity contribution in [3.63, 3.8) is 0 Å². The predicted molar refractivity (Wildman–Crippen MR) is 85.7 cm³/mol. The average molecular weight is 326 g/mol. The van der Waals surface area contributed by atoms with Gasteiger partial charge in [0.2, 0.25) is 0 Å². The SMILES string of the molecule is O=C(COc1ccccc1F)NCc1cccnc1-c1ccco1. The first kappa shape index (κ1) is 15.7. The van der Waals surface area contributed by atoms with Crippen LogP contribution in [0.15, 0.2) is 65.4 Å². The van der Waals surface area contributed by atoms with Crippen molar-refractivity contribution in [2.45, 2.75) is 6.54 Å². The molecular weight excluding hydrogens is 311 g/mol. The van der Waals surface area contributed by atoms with Gasteiger partial charge < -0.3 is 14.5 Å². The molecular formula is C18H15FN2O3. The molecule has 122 valence electrons. The summed E-state index contributed by atoms with van der Waals surface area (Å²) in [6, 6.07) is 13.1. The van der Waals surface area contributed by atoms with E-state index in [1.165, 1.54) is 12.1 Å². The highest BCUT2D eigenvalue weighted by Crippen LogP contribution is 2.21. The van der Waals surface area contributed by atoms with E-state index in [9.17, 15) is 9.18 Å². The molecule has 2 heterocycles. The second-order valence-electron chi connectivity index (χ2n) is 4.98. The maximum absolute atomic E-state index is 13.4. The number of hydrogen-bond acceptors (Lipinski definition) is 4. The van der Waals surface area contributed by atoms with Crippen LogP contribution in [-0.4, -0.2) is 17.5 Å². The molecule has 1 N–H and O–H groups in total. The highest BCUT2D eigenvalue weighted by molar-refractivity contribution is 5.77. The summed E-state index contributed by atoms with van der Waals surface area (Å²) in [5.74, 6) is -0.182. The molecule has 0 bridgehead atoms. The van der Waals surface area contributed by atoms with Crippen LogP contribution in [-0.2, 0) is 11.3 Å². The molecule has 0 saturated carbocycles. The number of carbonyl (C=O) groups is 1. The van der Waals surface area contributed by atoms with Crippen LogP contribution in [0.5, 0.6) is 5.75 Å². The Balaban J connectivity index is 1.58. The zero-order chi connectivity index (χ0) is 16.8. The van der Waals surface area contributed by atoms with Crippen LogP contribution in [0.4, 0.5) is 4.39 Å². The molecule has 1 aromatic carbocycles. The molecule has 0 aliphatic carbocycles. The molecule has 5 nitrogen and oxygen atoms in total. The molecule has 24 heavy (non-hydrogen) atoms. The van der Waals surface area contributed by atoms with Gasteiger partial charge in [0, 0.05) is 18.3 Å². The number of para-hydroxylation sites is 1. The van der Waals surface area contributed by atoms with E-state index in [-0.39, 0.29) is 24.8 Å². The van der Waals surface area contributed by atoms with E-state index in [1.54, 1.807) is 42.8 Å². The van der Waals surface area contributed by atoms with Crippen LogP contribution in [0.25, 0.3) is 11.5 Å². The molecule has 6 heteroatoms. The molecule has 0 aliphatic heterocycles. The molecule has 0 atom stereocenters. The van der Waals surface area contributed by atoms with Gasteiger partial charge in [-0.3, -0.25) is 9.78 Å². The van der Waals surface area contributed by atoms with Gasteiger partial charge in [0.15, 0.2) is 23.9 Å². The highest BCUT2D eigenvalue weighted by Gasteiger charge is 2.11. The minimum absolute atomic E-state index is 0.0466. The third kappa shape index (κ3) is 3.78. The lowest BCUT2D eigenvalue weighted by atomic mass is 10.1. The lowest BCUT2D eigenvalue weighted by Crippen LogP contribution is -2.28. The third-order valence-corrected chi connectivity index (χ3v) is 3.32. The number of amides is 1. The van der Waals surface area contributed by atoms with Crippen LogP contribution in [0, 0.1) is 5.82 Å². The number of halogens is 1. The van der Waals surface area contributed by atoms with Crippen molar-refractivity contribution >= 4 is 5.91 Å². The normalized spacial score (nSPS) is 10.4. The third-order valence-electron chi connectivity index (χ3n) is 3.32. The second-order valence-corrected chi connectivity index (χ2v) is 4.98. The molecule has 0 aliphatic rings. The number of benzene rings is 1. The van der Waals surface area contributed by atoms with Gasteiger partial charge in [0.05, 0.1) is 6.26 Å². The van der Waals surface area contributed by atoms with E-state index in [1.807, 2.05) is 6.07 Å². The van der Waals surface area contributed by atoms with Crippen LogP contribution in [0.3, 0.4) is 0 Å². The van der Waals surface area contributed by atoms with Crippen LogP contribution in [0.2, 0.25) is 0 Å². The van der Waals surface area contributed by atoms with E-state index >= 15 is 0 Å². The Morgan fingerprint density at radius 1 is 1.17 bits per heavy atom. The van der Waals surface area contributed by atoms with Crippen molar-refractivity contribution in [3.05, 3.63) is 72.4 Å². The monoisotopic (exact) mass is 326 g/mol. The first-order valence-corrected chi connectivity index (χ1v) is 7.36. The van der Waals surface area contributed by atoms with Gasteiger partial charge >= 0.3 is 0 Å². The number of nitrogens with zero attached hydrogens (tertiary/aromatic N) is 1. The maximum atomic E-state index is 13.4. The number of aromatic nitrogens is 1. The standard InChI is InChI=1S/C18H15FN2O3/c19-14-6-1-2-7-15(14)24-12-17(22)21-11-13-5-3-9-20-18(13)16-8-4-10-23-16/h1-10H,11-12H2,(H,21,22). The van der Waals surface area contributed by atoms with Gasteiger partial charge in [-0.2, -0.15) is 0 Å². The first-order chi connectivity index (χ1) is 11.7. The van der Waals surface area contributed by atoms with Gasteiger partial charge in [-0.1, -0.05) is 18.2 Å². The molecule has 0 unspecified atom stereocenters. The minimum atomic E-state index is -0.502. The summed E-state index contributed by atoms with van der Waals surface area (Å²) in [5, 5.41) is 2.72. The second kappa shape index (κ2) is 7.41. The number of nitrogens with one attached hydrogen (secondary N) is 1. The molecule has 0 fully saturated rings. The average Bonchev–Trinajstić information content (AvgIpc) is 3.14. The van der Waals surface area contributed by atoms with Gasteiger partial charge in [0.25, 0.3) is 5.91 Å². The van der Waals surface area contributed by atoms with Crippen LogP contribution >= 0.6 is 0 Å². The highest BCUT2D eigenvalue weighted by atomic mass is 19.1. The lowest BCUT2D eigenvalue weighted by Gasteiger charge is -2.10. The zero-order valence-corrected chi connectivity index (χ0v) is 12.7. The molecule has 0 spiro atoms. The molecule has 0 radical (unpaired) electrons. The van der Waals surface area contributed by atoms with Crippen molar-refractivity contribution in [1.29, 1.82) is 0 Å². The van der Waals surface area contributed by atoms with Crippen molar-refractivity contribution in [2.75, 3.05) is 6.61 Å². The summed E-state index contributed by atoms with van der Waals surface area (Å²) >= 11 is 0. The fraction of sp³-hybridized carbons (Fsp3) is 0.111. The van der Waals surface area contributed by atoms with E-state index in [2.05, 4.69) is 10.3 Å². The number of hydrogen-bond donors (Lipinski definition) is 1. The molecule has 0 saturated heterocycles. The van der Waals surface area contributed by atoms with Crippen molar-refractivity contribution in [2.24, 2.45) is 0 Å². The maximum Gasteiger partial charge on any atom is 0.258 e. The van der Waals surface area contributed by atoms with Crippen molar-refractivity contribution in [1.82, 2.24) is 10.3 Å². The smallest absolute Gasteiger partial charge is 0.258 e. The van der Waals surface area contributed by atoms with Gasteiger partial charge in [-0.05, 0) is 30.3 Å². The summed E-state index contributed by atoms with van der Waals surface area (Å²) in [5.41, 5.74) is 1.48. The molecule has 3 aromatic rings. The first-order valence-electron chi connectivity index (χ1n) is 7.36. The topological polar surface area (TPSA) is 64.4 Å². The fourth-order valence-corrected chi connectivity index (χ4v) is 2.17. The number of rotatable bonds is 6. The number of pyridine rings is 1. The Kier molecular flexibility index (Phi) is 4.86. The van der Waals surface area contributed by atoms with Gasteiger partial charge in [0.1, 0.15) is 5.69 Å².